The number of hydroxylamine groups is 1. The molecule has 0 unspecified atom stereocenters. The van der Waals surface area contributed by atoms with Crippen LogP contribution in [0.3, 0.4) is 0 Å². The van der Waals surface area contributed by atoms with Crippen molar-refractivity contribution in [3.05, 3.63) is 17.2 Å². The van der Waals surface area contributed by atoms with Crippen LogP contribution in [-0.2, 0) is 4.84 Å². The van der Waals surface area contributed by atoms with Crippen molar-refractivity contribution in [3.8, 4) is 11.5 Å². The number of halogens is 1. The zero-order valence-corrected chi connectivity index (χ0v) is 13.6. The molecule has 0 saturated heterocycles. The van der Waals surface area contributed by atoms with Gasteiger partial charge in [-0.15, -0.1) is 0 Å². The van der Waals surface area contributed by atoms with Gasteiger partial charge >= 0.3 is 0 Å². The minimum Gasteiger partial charge on any atom is -0.490 e. The van der Waals surface area contributed by atoms with E-state index in [0.29, 0.717) is 42.0 Å². The van der Waals surface area contributed by atoms with Gasteiger partial charge in [0.2, 0.25) is 0 Å². The maximum absolute atomic E-state index is 6.26. The molecular formula is C15H23ClN2O3. The van der Waals surface area contributed by atoms with Gasteiger partial charge in [0.15, 0.2) is 11.5 Å². The average molecular weight is 315 g/mol. The smallest absolute Gasteiger partial charge is 0.179 e. The lowest BCUT2D eigenvalue weighted by atomic mass is 10.2. The van der Waals surface area contributed by atoms with E-state index < -0.39 is 0 Å². The summed E-state index contributed by atoms with van der Waals surface area (Å²) < 4.78 is 11.4. The predicted octanol–water partition coefficient (Wildman–Crippen LogP) is 4.12. The molecule has 6 heteroatoms. The second-order valence-electron chi connectivity index (χ2n) is 4.26. The first-order valence-electron chi connectivity index (χ1n) is 7.21. The van der Waals surface area contributed by atoms with Crippen molar-refractivity contribution in [1.29, 1.82) is 0 Å². The maximum Gasteiger partial charge on any atom is 0.179 e. The van der Waals surface area contributed by atoms with E-state index in [1.807, 2.05) is 20.8 Å². The molecule has 1 N–H and O–H groups in total. The van der Waals surface area contributed by atoms with Gasteiger partial charge in [0.05, 0.1) is 30.5 Å². The quantitative estimate of drug-likeness (QED) is 0.305. The summed E-state index contributed by atoms with van der Waals surface area (Å²) in [4.78, 5) is 9.18. The molecule has 0 aromatic heterocycles. The third-order valence-electron chi connectivity index (χ3n) is 2.40. The second-order valence-corrected chi connectivity index (χ2v) is 4.67. The van der Waals surface area contributed by atoms with E-state index in [1.54, 1.807) is 12.1 Å². The molecule has 21 heavy (non-hydrogen) atoms. The molecule has 0 aliphatic rings. The van der Waals surface area contributed by atoms with Crippen molar-refractivity contribution in [1.82, 2.24) is 5.48 Å². The summed E-state index contributed by atoms with van der Waals surface area (Å²) in [5.41, 5.74) is 3.28. The third kappa shape index (κ3) is 6.23. The van der Waals surface area contributed by atoms with Crippen LogP contribution in [0, 0.1) is 0 Å². The highest BCUT2D eigenvalue weighted by molar-refractivity contribution is 6.32. The van der Waals surface area contributed by atoms with Crippen LogP contribution in [-0.4, -0.2) is 26.2 Å². The van der Waals surface area contributed by atoms with E-state index in [2.05, 4.69) is 10.5 Å². The van der Waals surface area contributed by atoms with Gasteiger partial charge < -0.3 is 9.47 Å². The Morgan fingerprint density at radius 2 is 1.86 bits per heavy atom. The van der Waals surface area contributed by atoms with E-state index in [9.17, 15) is 0 Å². The van der Waals surface area contributed by atoms with Crippen molar-refractivity contribution in [2.24, 2.45) is 4.99 Å². The van der Waals surface area contributed by atoms with E-state index >= 15 is 0 Å². The SMILES string of the molecule is CCCOc1cc(N=CNOCC)cc(Cl)c1OCCC. The van der Waals surface area contributed by atoms with Gasteiger partial charge in [-0.2, -0.15) is 0 Å². The van der Waals surface area contributed by atoms with Crippen LogP contribution in [0.1, 0.15) is 33.6 Å². The molecule has 0 aliphatic heterocycles. The first-order valence-corrected chi connectivity index (χ1v) is 7.59. The van der Waals surface area contributed by atoms with E-state index in [-0.39, 0.29) is 0 Å². The summed E-state index contributed by atoms with van der Waals surface area (Å²) >= 11 is 6.26. The summed E-state index contributed by atoms with van der Waals surface area (Å²) in [6, 6.07) is 3.53. The Morgan fingerprint density at radius 3 is 2.52 bits per heavy atom. The number of benzene rings is 1. The van der Waals surface area contributed by atoms with E-state index in [0.717, 1.165) is 12.8 Å². The molecule has 0 bridgehead atoms. The largest absolute Gasteiger partial charge is 0.490 e. The molecule has 0 radical (unpaired) electrons. The Bertz CT molecular complexity index is 453. The molecule has 0 fully saturated rings. The van der Waals surface area contributed by atoms with E-state index in [1.165, 1.54) is 6.34 Å². The van der Waals surface area contributed by atoms with Crippen LogP contribution in [0.4, 0.5) is 5.69 Å². The van der Waals surface area contributed by atoms with Gasteiger partial charge in [-0.25, -0.2) is 4.99 Å². The molecular weight excluding hydrogens is 292 g/mol. The highest BCUT2D eigenvalue weighted by Crippen LogP contribution is 2.39. The van der Waals surface area contributed by atoms with Crippen molar-refractivity contribution in [2.75, 3.05) is 19.8 Å². The van der Waals surface area contributed by atoms with Crippen LogP contribution in [0.25, 0.3) is 0 Å². The summed E-state index contributed by atoms with van der Waals surface area (Å²) in [7, 11) is 0. The second kappa shape index (κ2) is 10.3. The van der Waals surface area contributed by atoms with Gasteiger partial charge in [0, 0.05) is 6.07 Å². The van der Waals surface area contributed by atoms with Crippen molar-refractivity contribution >= 4 is 23.6 Å². The molecule has 0 saturated carbocycles. The lowest BCUT2D eigenvalue weighted by molar-refractivity contribution is 0.100. The summed E-state index contributed by atoms with van der Waals surface area (Å²) in [5.74, 6) is 1.19. The number of hydrogen-bond acceptors (Lipinski definition) is 4. The van der Waals surface area contributed by atoms with Crippen LogP contribution in [0.15, 0.2) is 17.1 Å². The normalized spacial score (nSPS) is 10.9. The topological polar surface area (TPSA) is 52.1 Å². The molecule has 0 heterocycles. The van der Waals surface area contributed by atoms with Crippen molar-refractivity contribution in [2.45, 2.75) is 33.6 Å². The highest BCUT2D eigenvalue weighted by atomic mass is 35.5. The highest BCUT2D eigenvalue weighted by Gasteiger charge is 2.12. The average Bonchev–Trinajstić information content (AvgIpc) is 2.48. The Kier molecular flexibility index (Phi) is 8.62. The van der Waals surface area contributed by atoms with Crippen LogP contribution < -0.4 is 15.0 Å². The van der Waals surface area contributed by atoms with Crippen LogP contribution in [0.5, 0.6) is 11.5 Å². The number of nitrogens with one attached hydrogen (secondary N) is 1. The first-order chi connectivity index (χ1) is 10.2. The number of nitrogens with zero attached hydrogens (tertiary/aromatic N) is 1. The lowest BCUT2D eigenvalue weighted by Gasteiger charge is -2.14. The standard InChI is InChI=1S/C15H23ClN2O3/c1-4-7-19-14-10-12(17-11-18-21-6-3)9-13(16)15(14)20-8-5-2/h9-11H,4-8H2,1-3H3,(H,17,18). The van der Waals surface area contributed by atoms with Crippen LogP contribution in [0.2, 0.25) is 5.02 Å². The Labute approximate surface area is 131 Å². The third-order valence-corrected chi connectivity index (χ3v) is 2.68. The number of hydrogen-bond donors (Lipinski definition) is 1. The predicted molar refractivity (Wildman–Crippen MR) is 85.9 cm³/mol. The number of aliphatic imine (C=N–C) groups is 1. The summed E-state index contributed by atoms with van der Waals surface area (Å²) in [6.45, 7) is 7.72. The van der Waals surface area contributed by atoms with E-state index in [4.69, 9.17) is 25.9 Å². The zero-order chi connectivity index (χ0) is 15.5. The van der Waals surface area contributed by atoms with Crippen molar-refractivity contribution in [3.63, 3.8) is 0 Å². The molecule has 118 valence electrons. The van der Waals surface area contributed by atoms with Crippen molar-refractivity contribution < 1.29 is 14.3 Å². The lowest BCUT2D eigenvalue weighted by Crippen LogP contribution is -2.10. The number of rotatable bonds is 10. The summed E-state index contributed by atoms with van der Waals surface area (Å²) in [5, 5.41) is 0.487. The maximum atomic E-state index is 6.26. The fourth-order valence-corrected chi connectivity index (χ4v) is 1.77. The fraction of sp³-hybridized carbons (Fsp3) is 0.533. The molecule has 1 rings (SSSR count). The monoisotopic (exact) mass is 314 g/mol. The Hall–Kier alpha value is -1.46. The zero-order valence-electron chi connectivity index (χ0n) is 12.8. The first kappa shape index (κ1) is 17.6. The van der Waals surface area contributed by atoms with Crippen LogP contribution >= 0.6 is 11.6 Å². The van der Waals surface area contributed by atoms with Gasteiger partial charge in [-0.3, -0.25) is 10.3 Å². The summed E-state index contributed by atoms with van der Waals surface area (Å²) in [6.07, 6.45) is 3.28. The molecule has 0 aliphatic carbocycles. The van der Waals surface area contributed by atoms with Gasteiger partial charge in [0.25, 0.3) is 0 Å². The molecule has 1 aromatic carbocycles. The minimum atomic E-state index is 0.487. The number of ether oxygens (including phenoxy) is 2. The molecule has 0 amide bonds. The minimum absolute atomic E-state index is 0.487. The van der Waals surface area contributed by atoms with Gasteiger partial charge in [-0.1, -0.05) is 25.4 Å². The molecule has 5 nitrogen and oxygen atoms in total. The van der Waals surface area contributed by atoms with Gasteiger partial charge in [0.1, 0.15) is 6.34 Å². The fourth-order valence-electron chi connectivity index (χ4n) is 1.51. The molecule has 0 atom stereocenters. The van der Waals surface area contributed by atoms with Gasteiger partial charge in [-0.05, 0) is 25.8 Å². The molecule has 1 aromatic rings. The molecule has 0 spiro atoms. The Balaban J connectivity index is 2.91. The Morgan fingerprint density at radius 1 is 1.14 bits per heavy atom.